The second-order valence-electron chi connectivity index (χ2n) is 7.38. The standard InChI is InChI=1S/C25H18BrN3O2/c26-17-10-11-22-19(14-17)20(24(30)28-22)15-23-27-21-9-5-4-8-18(21)25(31)29(23)13-12-16-6-2-1-3-7-16/h1-11,14-15H,12-13H2,(H,28,30)/b20-15-. The molecule has 1 aromatic heterocycles. The summed E-state index contributed by atoms with van der Waals surface area (Å²) in [6.45, 7) is 0.465. The zero-order valence-corrected chi connectivity index (χ0v) is 18.1. The lowest BCUT2D eigenvalue weighted by Gasteiger charge is -2.12. The highest BCUT2D eigenvalue weighted by Gasteiger charge is 2.25. The summed E-state index contributed by atoms with van der Waals surface area (Å²) in [5, 5.41) is 3.45. The van der Waals surface area contributed by atoms with E-state index in [1.807, 2.05) is 66.7 Å². The van der Waals surface area contributed by atoms with E-state index >= 15 is 0 Å². The summed E-state index contributed by atoms with van der Waals surface area (Å²) in [5.41, 5.74) is 3.67. The van der Waals surface area contributed by atoms with Crippen LogP contribution in [0.5, 0.6) is 0 Å². The SMILES string of the molecule is O=C1Nc2ccc(Br)cc2/C1=C/c1nc2ccccc2c(=O)n1CCc1ccccc1. The van der Waals surface area contributed by atoms with Crippen LogP contribution in [-0.4, -0.2) is 15.5 Å². The van der Waals surface area contributed by atoms with Gasteiger partial charge in [0.05, 0.1) is 16.5 Å². The highest BCUT2D eigenvalue weighted by atomic mass is 79.9. The average molecular weight is 472 g/mol. The molecule has 4 aromatic rings. The third-order valence-electron chi connectivity index (χ3n) is 5.40. The Bertz CT molecular complexity index is 1410. The first-order chi connectivity index (χ1) is 15.1. The van der Waals surface area contributed by atoms with Gasteiger partial charge in [-0.3, -0.25) is 14.2 Å². The van der Waals surface area contributed by atoms with Crippen LogP contribution in [0.4, 0.5) is 5.69 Å². The summed E-state index contributed by atoms with van der Waals surface area (Å²) in [6.07, 6.45) is 2.40. The molecule has 1 aliphatic heterocycles. The van der Waals surface area contributed by atoms with Crippen molar-refractivity contribution < 1.29 is 4.79 Å². The van der Waals surface area contributed by atoms with Crippen LogP contribution < -0.4 is 10.9 Å². The van der Waals surface area contributed by atoms with Crippen LogP contribution in [0.2, 0.25) is 0 Å². The van der Waals surface area contributed by atoms with E-state index in [1.54, 1.807) is 16.7 Å². The number of amides is 1. The number of aryl methyl sites for hydroxylation is 1. The Kier molecular flexibility index (Phi) is 5.00. The summed E-state index contributed by atoms with van der Waals surface area (Å²) in [6, 6.07) is 22.9. The lowest BCUT2D eigenvalue weighted by molar-refractivity contribution is -0.110. The number of nitrogens with one attached hydrogen (secondary N) is 1. The van der Waals surface area contributed by atoms with Gasteiger partial charge in [-0.25, -0.2) is 4.98 Å². The van der Waals surface area contributed by atoms with Crippen molar-refractivity contribution in [2.24, 2.45) is 0 Å². The van der Waals surface area contributed by atoms with Crippen molar-refractivity contribution >= 4 is 50.1 Å². The molecular weight excluding hydrogens is 454 g/mol. The molecule has 0 aliphatic carbocycles. The van der Waals surface area contributed by atoms with E-state index in [0.29, 0.717) is 35.3 Å². The second kappa shape index (κ2) is 7.96. The fourth-order valence-electron chi connectivity index (χ4n) is 3.83. The summed E-state index contributed by atoms with van der Waals surface area (Å²) < 4.78 is 2.53. The zero-order valence-electron chi connectivity index (χ0n) is 16.5. The molecule has 3 aromatic carbocycles. The first kappa shape index (κ1) is 19.5. The molecule has 0 atom stereocenters. The summed E-state index contributed by atoms with van der Waals surface area (Å²) in [4.78, 5) is 30.7. The third kappa shape index (κ3) is 3.70. The number of carbonyl (C=O) groups is 1. The van der Waals surface area contributed by atoms with Crippen molar-refractivity contribution in [3.8, 4) is 0 Å². The Morgan fingerprint density at radius 1 is 0.968 bits per heavy atom. The molecule has 1 amide bonds. The maximum atomic E-state index is 13.3. The topological polar surface area (TPSA) is 64.0 Å². The predicted octanol–water partition coefficient (Wildman–Crippen LogP) is 4.89. The Labute approximate surface area is 187 Å². The van der Waals surface area contributed by atoms with Crippen molar-refractivity contribution in [2.75, 3.05) is 5.32 Å². The molecule has 1 N–H and O–H groups in total. The van der Waals surface area contributed by atoms with Crippen molar-refractivity contribution in [3.63, 3.8) is 0 Å². The number of halogens is 1. The van der Waals surface area contributed by atoms with Gasteiger partial charge >= 0.3 is 0 Å². The molecule has 0 radical (unpaired) electrons. The van der Waals surface area contributed by atoms with Gasteiger partial charge in [-0.1, -0.05) is 58.4 Å². The van der Waals surface area contributed by atoms with E-state index in [1.165, 1.54) is 0 Å². The minimum Gasteiger partial charge on any atom is -0.321 e. The van der Waals surface area contributed by atoms with Gasteiger partial charge in [0.25, 0.3) is 11.5 Å². The van der Waals surface area contributed by atoms with E-state index in [-0.39, 0.29) is 11.5 Å². The van der Waals surface area contributed by atoms with Crippen LogP contribution in [0, 0.1) is 0 Å². The molecule has 0 saturated carbocycles. The Hall–Kier alpha value is -3.51. The molecule has 0 spiro atoms. The average Bonchev–Trinajstić information content (AvgIpc) is 3.09. The molecule has 31 heavy (non-hydrogen) atoms. The second-order valence-corrected chi connectivity index (χ2v) is 8.30. The molecule has 0 fully saturated rings. The number of carbonyl (C=O) groups excluding carboxylic acids is 1. The normalized spacial score (nSPS) is 14.1. The molecule has 0 saturated heterocycles. The monoisotopic (exact) mass is 471 g/mol. The van der Waals surface area contributed by atoms with Crippen molar-refractivity contribution in [1.29, 1.82) is 0 Å². The quantitative estimate of drug-likeness (QED) is 0.430. The van der Waals surface area contributed by atoms with Crippen LogP contribution in [0.25, 0.3) is 22.6 Å². The number of hydrogen-bond acceptors (Lipinski definition) is 3. The number of anilines is 1. The fraction of sp³-hybridized carbons (Fsp3) is 0.0800. The predicted molar refractivity (Wildman–Crippen MR) is 127 cm³/mol. The highest BCUT2D eigenvalue weighted by Crippen LogP contribution is 2.34. The van der Waals surface area contributed by atoms with Crippen LogP contribution in [-0.2, 0) is 17.8 Å². The molecule has 1 aliphatic rings. The number of hydrogen-bond donors (Lipinski definition) is 1. The number of aromatic nitrogens is 2. The minimum absolute atomic E-state index is 0.110. The molecule has 0 unspecified atom stereocenters. The fourth-order valence-corrected chi connectivity index (χ4v) is 4.19. The molecule has 6 heteroatoms. The van der Waals surface area contributed by atoms with Gasteiger partial charge in [0.1, 0.15) is 5.82 Å². The maximum absolute atomic E-state index is 13.3. The largest absolute Gasteiger partial charge is 0.321 e. The smallest absolute Gasteiger partial charge is 0.261 e. The Morgan fingerprint density at radius 3 is 2.58 bits per heavy atom. The van der Waals surface area contributed by atoms with E-state index in [9.17, 15) is 9.59 Å². The molecule has 152 valence electrons. The number of para-hydroxylation sites is 1. The molecular formula is C25H18BrN3O2. The summed E-state index contributed by atoms with van der Waals surface area (Å²) in [5.74, 6) is 0.266. The number of nitrogens with zero attached hydrogens (tertiary/aromatic N) is 2. The van der Waals surface area contributed by atoms with E-state index < -0.39 is 0 Å². The summed E-state index contributed by atoms with van der Waals surface area (Å²) in [7, 11) is 0. The first-order valence-electron chi connectivity index (χ1n) is 9.96. The van der Waals surface area contributed by atoms with Gasteiger partial charge in [-0.15, -0.1) is 0 Å². The zero-order chi connectivity index (χ0) is 21.4. The number of benzene rings is 3. The van der Waals surface area contributed by atoms with Crippen molar-refractivity contribution in [2.45, 2.75) is 13.0 Å². The van der Waals surface area contributed by atoms with Crippen molar-refractivity contribution in [3.05, 3.63) is 105 Å². The third-order valence-corrected chi connectivity index (χ3v) is 5.89. The molecule has 0 bridgehead atoms. The van der Waals surface area contributed by atoms with E-state index in [0.717, 1.165) is 21.3 Å². The van der Waals surface area contributed by atoms with Gasteiger partial charge in [-0.2, -0.15) is 0 Å². The molecule has 5 rings (SSSR count). The Balaban J connectivity index is 1.66. The van der Waals surface area contributed by atoms with E-state index in [4.69, 9.17) is 4.98 Å². The van der Waals surface area contributed by atoms with Crippen LogP contribution in [0.3, 0.4) is 0 Å². The van der Waals surface area contributed by atoms with Crippen LogP contribution in [0.15, 0.2) is 82.1 Å². The molecule has 2 heterocycles. The first-order valence-corrected chi connectivity index (χ1v) is 10.8. The van der Waals surface area contributed by atoms with Crippen molar-refractivity contribution in [1.82, 2.24) is 9.55 Å². The molecule has 5 nitrogen and oxygen atoms in total. The van der Waals surface area contributed by atoms with Gasteiger partial charge in [0.2, 0.25) is 0 Å². The minimum atomic E-state index is -0.204. The lowest BCUT2D eigenvalue weighted by Crippen LogP contribution is -2.25. The van der Waals surface area contributed by atoms with Crippen LogP contribution >= 0.6 is 15.9 Å². The Morgan fingerprint density at radius 2 is 1.74 bits per heavy atom. The summed E-state index contributed by atoms with van der Waals surface area (Å²) >= 11 is 3.47. The number of fused-ring (bicyclic) bond motifs is 2. The lowest BCUT2D eigenvalue weighted by atomic mass is 10.1. The van der Waals surface area contributed by atoms with E-state index in [2.05, 4.69) is 21.2 Å². The maximum Gasteiger partial charge on any atom is 0.261 e. The van der Waals surface area contributed by atoms with Gasteiger partial charge in [-0.05, 0) is 48.4 Å². The number of rotatable bonds is 4. The van der Waals surface area contributed by atoms with Gasteiger partial charge < -0.3 is 5.32 Å². The van der Waals surface area contributed by atoms with Crippen LogP contribution in [0.1, 0.15) is 17.0 Å². The van der Waals surface area contributed by atoms with Gasteiger partial charge in [0, 0.05) is 22.3 Å². The van der Waals surface area contributed by atoms with Gasteiger partial charge in [0.15, 0.2) is 0 Å². The highest BCUT2D eigenvalue weighted by molar-refractivity contribution is 9.10.